The highest BCUT2D eigenvalue weighted by Crippen LogP contribution is 2.23. The van der Waals surface area contributed by atoms with Crippen molar-refractivity contribution in [3.8, 4) is 0 Å². The van der Waals surface area contributed by atoms with Gasteiger partial charge in [0, 0.05) is 20.1 Å². The molecule has 2 rings (SSSR count). The largest absolute Gasteiger partial charge is 0.469 e. The number of hydrogen-bond donors (Lipinski definition) is 2. The summed E-state index contributed by atoms with van der Waals surface area (Å²) >= 11 is 0. The molecule has 0 spiro atoms. The van der Waals surface area contributed by atoms with Gasteiger partial charge in [-0.25, -0.2) is 0 Å². The van der Waals surface area contributed by atoms with Gasteiger partial charge in [-0.1, -0.05) is 6.92 Å². The van der Waals surface area contributed by atoms with Gasteiger partial charge in [-0.15, -0.1) is 0 Å². The van der Waals surface area contributed by atoms with E-state index in [1.165, 1.54) is 7.11 Å². The number of carbonyl (C=O) groups is 2. The Morgan fingerprint density at radius 3 is 2.83 bits per heavy atom. The van der Waals surface area contributed by atoms with Crippen molar-refractivity contribution in [1.29, 1.82) is 0 Å². The summed E-state index contributed by atoms with van der Waals surface area (Å²) in [6.07, 6.45) is 1.56. The predicted octanol–water partition coefficient (Wildman–Crippen LogP) is 0.212. The van der Waals surface area contributed by atoms with Gasteiger partial charge in [0.15, 0.2) is 5.96 Å². The highest BCUT2D eigenvalue weighted by molar-refractivity contribution is 5.87. The maximum absolute atomic E-state index is 11.9. The van der Waals surface area contributed by atoms with Crippen LogP contribution in [-0.2, 0) is 20.9 Å². The van der Waals surface area contributed by atoms with E-state index in [4.69, 9.17) is 9.15 Å². The number of furan rings is 1. The van der Waals surface area contributed by atoms with Gasteiger partial charge in [-0.05, 0) is 18.1 Å². The van der Waals surface area contributed by atoms with Crippen molar-refractivity contribution in [2.75, 3.05) is 33.8 Å². The van der Waals surface area contributed by atoms with Gasteiger partial charge in [0.25, 0.3) is 0 Å². The third-order valence-electron chi connectivity index (χ3n) is 4.07. The van der Waals surface area contributed by atoms with Crippen LogP contribution in [-0.4, -0.2) is 56.5 Å². The van der Waals surface area contributed by atoms with Gasteiger partial charge in [0.2, 0.25) is 5.91 Å². The summed E-state index contributed by atoms with van der Waals surface area (Å²) in [6, 6.07) is 3.57. The van der Waals surface area contributed by atoms with E-state index >= 15 is 0 Å². The first-order valence-corrected chi connectivity index (χ1v) is 7.87. The Hall–Kier alpha value is -2.51. The molecule has 1 aliphatic rings. The summed E-state index contributed by atoms with van der Waals surface area (Å²) in [6.45, 7) is 3.67. The summed E-state index contributed by atoms with van der Waals surface area (Å²) in [5, 5.41) is 5.78. The Balaban J connectivity index is 1.80. The number of esters is 1. The summed E-state index contributed by atoms with van der Waals surface area (Å²) in [4.78, 5) is 29.8. The zero-order chi connectivity index (χ0) is 17.5. The van der Waals surface area contributed by atoms with Gasteiger partial charge >= 0.3 is 5.97 Å². The smallest absolute Gasteiger partial charge is 0.310 e. The molecule has 0 aromatic carbocycles. The minimum absolute atomic E-state index is 0.0984. The first-order valence-electron chi connectivity index (χ1n) is 7.87. The molecule has 0 bridgehead atoms. The van der Waals surface area contributed by atoms with Crippen LogP contribution in [0.25, 0.3) is 0 Å². The van der Waals surface area contributed by atoms with Crippen LogP contribution in [0.2, 0.25) is 0 Å². The lowest BCUT2D eigenvalue weighted by Crippen LogP contribution is -2.44. The van der Waals surface area contributed by atoms with Crippen molar-refractivity contribution >= 4 is 17.8 Å². The van der Waals surface area contributed by atoms with Crippen molar-refractivity contribution in [2.45, 2.75) is 13.5 Å². The molecular formula is C16H24N4O4. The number of nitrogens with one attached hydrogen (secondary N) is 2. The molecule has 1 aromatic rings. The molecule has 1 aliphatic heterocycles. The SMILES string of the molecule is CN=C(NCC(=O)NCc1ccco1)N1CC(C)C(C(=O)OC)C1. The van der Waals surface area contributed by atoms with Gasteiger partial charge in [0.1, 0.15) is 5.76 Å². The van der Waals surface area contributed by atoms with Crippen LogP contribution in [0.3, 0.4) is 0 Å². The van der Waals surface area contributed by atoms with E-state index in [1.54, 1.807) is 25.4 Å². The molecule has 1 aromatic heterocycles. The zero-order valence-corrected chi connectivity index (χ0v) is 14.2. The average Bonchev–Trinajstić information content (AvgIpc) is 3.22. The third kappa shape index (κ3) is 4.50. The van der Waals surface area contributed by atoms with Crippen LogP contribution in [0.1, 0.15) is 12.7 Å². The molecule has 2 atom stereocenters. The number of rotatable bonds is 5. The number of guanidine groups is 1. The summed E-state index contributed by atoms with van der Waals surface area (Å²) in [5.74, 6) is 0.912. The van der Waals surface area contributed by atoms with E-state index in [1.807, 2.05) is 11.8 Å². The van der Waals surface area contributed by atoms with Gasteiger partial charge in [0.05, 0.1) is 32.4 Å². The maximum atomic E-state index is 11.9. The van der Waals surface area contributed by atoms with E-state index in [9.17, 15) is 9.59 Å². The molecule has 1 saturated heterocycles. The Kier molecular flexibility index (Phi) is 6.22. The standard InChI is InChI=1S/C16H24N4O4/c1-11-9-20(10-13(11)15(22)23-3)16(17-2)19-8-14(21)18-7-12-5-4-6-24-12/h4-6,11,13H,7-10H2,1-3H3,(H,17,19)(H,18,21). The Morgan fingerprint density at radius 1 is 1.42 bits per heavy atom. The number of likely N-dealkylation sites (tertiary alicyclic amines) is 1. The lowest BCUT2D eigenvalue weighted by molar-refractivity contribution is -0.146. The molecule has 0 saturated carbocycles. The lowest BCUT2D eigenvalue weighted by Gasteiger charge is -2.21. The fraction of sp³-hybridized carbons (Fsp3) is 0.562. The molecule has 132 valence electrons. The number of methoxy groups -OCH3 is 1. The molecular weight excluding hydrogens is 312 g/mol. The van der Waals surface area contributed by atoms with Crippen molar-refractivity contribution < 1.29 is 18.7 Å². The fourth-order valence-corrected chi connectivity index (χ4v) is 2.75. The monoisotopic (exact) mass is 336 g/mol. The molecule has 8 nitrogen and oxygen atoms in total. The van der Waals surface area contributed by atoms with E-state index in [0.29, 0.717) is 31.4 Å². The molecule has 2 heterocycles. The van der Waals surface area contributed by atoms with Gasteiger partial charge in [-0.2, -0.15) is 0 Å². The molecule has 1 amide bonds. The highest BCUT2D eigenvalue weighted by atomic mass is 16.5. The molecule has 8 heteroatoms. The first kappa shape index (κ1) is 17.8. The number of carbonyl (C=O) groups excluding carboxylic acids is 2. The van der Waals surface area contributed by atoms with Crippen LogP contribution in [0.4, 0.5) is 0 Å². The second-order valence-corrected chi connectivity index (χ2v) is 5.77. The van der Waals surface area contributed by atoms with E-state index in [0.717, 1.165) is 0 Å². The van der Waals surface area contributed by atoms with Crippen LogP contribution < -0.4 is 10.6 Å². The average molecular weight is 336 g/mol. The molecule has 2 unspecified atom stereocenters. The topological polar surface area (TPSA) is 96.2 Å². The Morgan fingerprint density at radius 2 is 2.21 bits per heavy atom. The molecule has 1 fully saturated rings. The minimum atomic E-state index is -0.211. The maximum Gasteiger partial charge on any atom is 0.310 e. The van der Waals surface area contributed by atoms with Crippen molar-refractivity contribution in [3.05, 3.63) is 24.2 Å². The van der Waals surface area contributed by atoms with Crippen LogP contribution in [0.5, 0.6) is 0 Å². The second-order valence-electron chi connectivity index (χ2n) is 5.77. The van der Waals surface area contributed by atoms with Gasteiger partial charge < -0.3 is 24.7 Å². The normalized spacial score (nSPS) is 20.8. The zero-order valence-electron chi connectivity index (χ0n) is 14.2. The van der Waals surface area contributed by atoms with E-state index < -0.39 is 0 Å². The van der Waals surface area contributed by atoms with E-state index in [-0.39, 0.29) is 30.3 Å². The number of ether oxygens (including phenoxy) is 1. The lowest BCUT2D eigenvalue weighted by atomic mass is 9.99. The van der Waals surface area contributed by atoms with Crippen molar-refractivity contribution in [2.24, 2.45) is 16.8 Å². The Labute approximate surface area is 141 Å². The summed E-state index contributed by atoms with van der Waals surface area (Å²) < 4.78 is 9.99. The third-order valence-corrected chi connectivity index (χ3v) is 4.07. The number of nitrogens with zero attached hydrogens (tertiary/aromatic N) is 2. The van der Waals surface area contributed by atoms with Gasteiger partial charge in [-0.3, -0.25) is 14.6 Å². The number of hydrogen-bond acceptors (Lipinski definition) is 5. The summed E-state index contributed by atoms with van der Waals surface area (Å²) in [7, 11) is 3.05. The quantitative estimate of drug-likeness (QED) is 0.453. The van der Waals surface area contributed by atoms with Crippen LogP contribution >= 0.6 is 0 Å². The summed E-state index contributed by atoms with van der Waals surface area (Å²) in [5.41, 5.74) is 0. The first-order chi connectivity index (χ1) is 11.5. The van der Waals surface area contributed by atoms with Crippen molar-refractivity contribution in [1.82, 2.24) is 15.5 Å². The number of amides is 1. The minimum Gasteiger partial charge on any atom is -0.469 e. The second kappa shape index (κ2) is 8.37. The molecule has 0 aliphatic carbocycles. The van der Waals surface area contributed by atoms with Crippen molar-refractivity contribution in [3.63, 3.8) is 0 Å². The molecule has 0 radical (unpaired) electrons. The van der Waals surface area contributed by atoms with Crippen LogP contribution in [0.15, 0.2) is 27.8 Å². The highest BCUT2D eigenvalue weighted by Gasteiger charge is 2.36. The predicted molar refractivity (Wildman–Crippen MR) is 88.2 cm³/mol. The molecule has 24 heavy (non-hydrogen) atoms. The number of aliphatic imine (C=N–C) groups is 1. The van der Waals surface area contributed by atoms with E-state index in [2.05, 4.69) is 15.6 Å². The van der Waals surface area contributed by atoms with Crippen LogP contribution in [0, 0.1) is 11.8 Å². The Bertz CT molecular complexity index is 585. The fourth-order valence-electron chi connectivity index (χ4n) is 2.75. The molecule has 2 N–H and O–H groups in total.